The van der Waals surface area contributed by atoms with E-state index in [-0.39, 0.29) is 22.0 Å². The van der Waals surface area contributed by atoms with Crippen LogP contribution in [0.2, 0.25) is 5.02 Å². The van der Waals surface area contributed by atoms with Gasteiger partial charge >= 0.3 is 5.97 Å². The zero-order valence-corrected chi connectivity index (χ0v) is 11.7. The minimum Gasteiger partial charge on any atom is -0.478 e. The predicted molar refractivity (Wildman–Crippen MR) is 72.8 cm³/mol. The number of benzene rings is 1. The second-order valence-electron chi connectivity index (χ2n) is 3.56. The Bertz CT molecular complexity index is 653. The van der Waals surface area contributed by atoms with Crippen LogP contribution in [0, 0.1) is 0 Å². The van der Waals surface area contributed by atoms with Gasteiger partial charge in [0, 0.05) is 0 Å². The van der Waals surface area contributed by atoms with Crippen molar-refractivity contribution in [3.05, 3.63) is 51.3 Å². The number of carbonyl (C=O) groups excluding carboxylic acids is 1. The molecule has 7 heteroatoms. The third kappa shape index (κ3) is 3.15. The van der Waals surface area contributed by atoms with Gasteiger partial charge in [0.05, 0.1) is 16.3 Å². The number of halogens is 2. The van der Waals surface area contributed by atoms with Crippen LogP contribution in [0.3, 0.4) is 0 Å². The molecule has 0 fully saturated rings. The van der Waals surface area contributed by atoms with Gasteiger partial charge in [-0.3, -0.25) is 4.79 Å². The van der Waals surface area contributed by atoms with Gasteiger partial charge in [0.2, 0.25) is 0 Å². The molecule has 1 heterocycles. The molecule has 0 bridgehead atoms. The number of hydrogen-bond acceptors (Lipinski definition) is 3. The van der Waals surface area contributed by atoms with E-state index in [1.165, 1.54) is 24.3 Å². The SMILES string of the molecule is O=C(O)c1ccc(Cl)c(NC(=O)c2ccc(Br)o2)c1. The summed E-state index contributed by atoms with van der Waals surface area (Å²) < 4.78 is 5.50. The number of carbonyl (C=O) groups is 2. The summed E-state index contributed by atoms with van der Waals surface area (Å²) in [6.07, 6.45) is 0. The Labute approximate surface area is 121 Å². The van der Waals surface area contributed by atoms with Crippen molar-refractivity contribution >= 4 is 45.1 Å². The highest BCUT2D eigenvalue weighted by Crippen LogP contribution is 2.24. The minimum absolute atomic E-state index is 0.0281. The van der Waals surface area contributed by atoms with Crippen LogP contribution in [0.1, 0.15) is 20.9 Å². The Morgan fingerprint density at radius 2 is 2.00 bits per heavy atom. The summed E-state index contributed by atoms with van der Waals surface area (Å²) in [6.45, 7) is 0. The van der Waals surface area contributed by atoms with Crippen molar-refractivity contribution in [3.63, 3.8) is 0 Å². The smallest absolute Gasteiger partial charge is 0.335 e. The first-order chi connectivity index (χ1) is 8.97. The van der Waals surface area contributed by atoms with E-state index < -0.39 is 11.9 Å². The Morgan fingerprint density at radius 3 is 2.58 bits per heavy atom. The summed E-state index contributed by atoms with van der Waals surface area (Å²) in [4.78, 5) is 22.7. The first-order valence-corrected chi connectivity index (χ1v) is 6.24. The van der Waals surface area contributed by atoms with E-state index in [4.69, 9.17) is 21.1 Å². The molecular weight excluding hydrogens is 337 g/mol. The highest BCUT2D eigenvalue weighted by atomic mass is 79.9. The van der Waals surface area contributed by atoms with Crippen LogP contribution in [0.5, 0.6) is 0 Å². The molecule has 0 aliphatic rings. The molecule has 1 aromatic carbocycles. The molecule has 0 unspecified atom stereocenters. The Balaban J connectivity index is 2.25. The number of aromatic carboxylic acids is 1. The molecule has 0 atom stereocenters. The van der Waals surface area contributed by atoms with E-state index in [2.05, 4.69) is 21.2 Å². The maximum Gasteiger partial charge on any atom is 0.335 e. The molecule has 1 aromatic heterocycles. The number of nitrogens with one attached hydrogen (secondary N) is 1. The van der Waals surface area contributed by atoms with Crippen molar-refractivity contribution in [2.24, 2.45) is 0 Å². The van der Waals surface area contributed by atoms with E-state index in [9.17, 15) is 9.59 Å². The normalized spacial score (nSPS) is 10.2. The van der Waals surface area contributed by atoms with E-state index in [1.54, 1.807) is 6.07 Å². The van der Waals surface area contributed by atoms with Crippen molar-refractivity contribution in [3.8, 4) is 0 Å². The lowest BCUT2D eigenvalue weighted by molar-refractivity contribution is 0.0696. The fourth-order valence-electron chi connectivity index (χ4n) is 1.37. The van der Waals surface area contributed by atoms with Crippen molar-refractivity contribution in [2.75, 3.05) is 5.32 Å². The highest BCUT2D eigenvalue weighted by molar-refractivity contribution is 9.10. The maximum absolute atomic E-state index is 11.8. The summed E-state index contributed by atoms with van der Waals surface area (Å²) in [5, 5.41) is 11.6. The molecule has 98 valence electrons. The first-order valence-electron chi connectivity index (χ1n) is 5.07. The lowest BCUT2D eigenvalue weighted by Crippen LogP contribution is -2.12. The van der Waals surface area contributed by atoms with Crippen LogP contribution >= 0.6 is 27.5 Å². The van der Waals surface area contributed by atoms with Gasteiger partial charge in [0.15, 0.2) is 10.4 Å². The van der Waals surface area contributed by atoms with Crippen molar-refractivity contribution in [2.45, 2.75) is 0 Å². The van der Waals surface area contributed by atoms with Crippen molar-refractivity contribution in [1.82, 2.24) is 0 Å². The van der Waals surface area contributed by atoms with Gasteiger partial charge in [0.1, 0.15) is 0 Å². The lowest BCUT2D eigenvalue weighted by atomic mass is 10.2. The number of carboxylic acids is 1. The van der Waals surface area contributed by atoms with E-state index in [1.807, 2.05) is 0 Å². The molecule has 0 radical (unpaired) electrons. The van der Waals surface area contributed by atoms with E-state index >= 15 is 0 Å². The van der Waals surface area contributed by atoms with Gasteiger partial charge in [-0.2, -0.15) is 0 Å². The van der Waals surface area contributed by atoms with Gasteiger partial charge in [-0.25, -0.2) is 4.79 Å². The van der Waals surface area contributed by atoms with Gasteiger partial charge < -0.3 is 14.8 Å². The number of anilines is 1. The summed E-state index contributed by atoms with van der Waals surface area (Å²) in [6, 6.07) is 7.08. The number of furan rings is 1. The molecule has 2 rings (SSSR count). The average molecular weight is 345 g/mol. The lowest BCUT2D eigenvalue weighted by Gasteiger charge is -2.06. The molecular formula is C12H7BrClNO4. The second kappa shape index (κ2) is 5.46. The van der Waals surface area contributed by atoms with Crippen LogP contribution in [0.25, 0.3) is 0 Å². The topological polar surface area (TPSA) is 79.5 Å². The Hall–Kier alpha value is -1.79. The predicted octanol–water partition coefficient (Wildman–Crippen LogP) is 3.65. The van der Waals surface area contributed by atoms with Crippen LogP contribution in [0.15, 0.2) is 39.4 Å². The number of amides is 1. The Morgan fingerprint density at radius 1 is 1.26 bits per heavy atom. The largest absolute Gasteiger partial charge is 0.478 e. The van der Waals surface area contributed by atoms with Crippen LogP contribution in [-0.4, -0.2) is 17.0 Å². The molecule has 0 aliphatic heterocycles. The molecule has 0 saturated heterocycles. The molecule has 0 aliphatic carbocycles. The van der Waals surface area contributed by atoms with Gasteiger partial charge in [-0.1, -0.05) is 11.6 Å². The Kier molecular flexibility index (Phi) is 3.92. The fraction of sp³-hybridized carbons (Fsp3) is 0. The van der Waals surface area contributed by atoms with Gasteiger partial charge in [0.25, 0.3) is 5.91 Å². The average Bonchev–Trinajstić information content (AvgIpc) is 2.78. The van der Waals surface area contributed by atoms with E-state index in [0.717, 1.165) is 0 Å². The van der Waals surface area contributed by atoms with Crippen LogP contribution in [0.4, 0.5) is 5.69 Å². The molecule has 5 nitrogen and oxygen atoms in total. The quantitative estimate of drug-likeness (QED) is 0.891. The second-order valence-corrected chi connectivity index (χ2v) is 4.75. The molecule has 1 amide bonds. The molecule has 0 spiro atoms. The van der Waals surface area contributed by atoms with E-state index in [0.29, 0.717) is 4.67 Å². The summed E-state index contributed by atoms with van der Waals surface area (Å²) in [7, 11) is 0. The van der Waals surface area contributed by atoms with Crippen LogP contribution in [-0.2, 0) is 0 Å². The number of carboxylic acid groups (broad SMARTS) is 1. The zero-order chi connectivity index (χ0) is 14.0. The monoisotopic (exact) mass is 343 g/mol. The van der Waals surface area contributed by atoms with Gasteiger partial charge in [-0.15, -0.1) is 0 Å². The van der Waals surface area contributed by atoms with Crippen LogP contribution < -0.4 is 5.32 Å². The fourth-order valence-corrected chi connectivity index (χ4v) is 1.85. The standard InChI is InChI=1S/C12H7BrClNO4/c13-10-4-3-9(19-10)11(16)15-8-5-6(12(17)18)1-2-7(8)14/h1-5H,(H,15,16)(H,17,18). The zero-order valence-electron chi connectivity index (χ0n) is 9.31. The number of rotatable bonds is 3. The summed E-state index contributed by atoms with van der Waals surface area (Å²) >= 11 is 8.97. The first kappa shape index (κ1) is 13.6. The molecule has 2 aromatic rings. The molecule has 19 heavy (non-hydrogen) atoms. The van der Waals surface area contributed by atoms with Gasteiger partial charge in [-0.05, 0) is 46.3 Å². The minimum atomic E-state index is -1.10. The maximum atomic E-state index is 11.8. The summed E-state index contributed by atoms with van der Waals surface area (Å²) in [5.41, 5.74) is 0.236. The summed E-state index contributed by atoms with van der Waals surface area (Å²) in [5.74, 6) is -1.54. The third-order valence-electron chi connectivity index (χ3n) is 2.26. The van der Waals surface area contributed by atoms with Crippen molar-refractivity contribution in [1.29, 1.82) is 0 Å². The molecule has 0 saturated carbocycles. The number of hydrogen-bond donors (Lipinski definition) is 2. The third-order valence-corrected chi connectivity index (χ3v) is 3.01. The molecule has 2 N–H and O–H groups in total. The van der Waals surface area contributed by atoms with Crippen molar-refractivity contribution < 1.29 is 19.1 Å². The highest BCUT2D eigenvalue weighted by Gasteiger charge is 2.14.